The van der Waals surface area contributed by atoms with Crippen LogP contribution in [0.25, 0.3) is 0 Å². The molecule has 0 aromatic carbocycles. The molecule has 0 aliphatic rings. The second-order valence-corrected chi connectivity index (χ2v) is 13.3. The van der Waals surface area contributed by atoms with E-state index in [1.54, 1.807) is 6.08 Å². The molecule has 1 unspecified atom stereocenters. The van der Waals surface area contributed by atoms with Gasteiger partial charge in [-0.25, -0.2) is 0 Å². The molecule has 0 aliphatic heterocycles. The van der Waals surface area contributed by atoms with Gasteiger partial charge >= 0.3 is 17.9 Å². The highest BCUT2D eigenvalue weighted by atomic mass is 16.6. The largest absolute Gasteiger partial charge is 0.462 e. The molecule has 0 rings (SSSR count). The van der Waals surface area contributed by atoms with E-state index < -0.39 is 12.1 Å². The van der Waals surface area contributed by atoms with E-state index in [4.69, 9.17) is 14.2 Å². The van der Waals surface area contributed by atoms with Crippen molar-refractivity contribution < 1.29 is 28.6 Å². The Hall–Kier alpha value is -4.19. The third-order valence-corrected chi connectivity index (χ3v) is 8.19. The van der Waals surface area contributed by atoms with Crippen molar-refractivity contribution in [1.29, 1.82) is 0 Å². The smallest absolute Gasteiger partial charge is 0.310 e. The van der Waals surface area contributed by atoms with Crippen molar-refractivity contribution >= 4 is 17.9 Å². The molecule has 0 saturated carbocycles. The normalized spacial score (nSPS) is 13.3. The zero-order valence-electron chi connectivity index (χ0n) is 34.6. The first-order valence-electron chi connectivity index (χ1n) is 21.1. The molecule has 0 heterocycles. The Balaban J connectivity index is 4.53. The Morgan fingerprint density at radius 1 is 0.418 bits per heavy atom. The number of ether oxygens (including phenoxy) is 3. The standard InChI is InChI=1S/C49H74O6/c1-4-7-10-13-16-19-20-21-22-23-24-25-26-27-28-31-33-36-39-42-48(51)54-45-46(55-49(52)43-40-37-34-30-18-15-12-9-6-3)44-53-47(50)41-38-35-32-29-17-14-11-8-5-2/h7,9-10,12-13,16,18-28,30,37,40,46H,4-6,8,11,14-15,17,29,31-36,38-39,41-45H2,1-3H3/b10-7-,12-9-,16-13-,20-19-,22-21-,24-23+,26-25-,28-27-,30-18-,40-37-. The van der Waals surface area contributed by atoms with E-state index in [2.05, 4.69) is 57.2 Å². The molecule has 0 amide bonds. The summed E-state index contributed by atoms with van der Waals surface area (Å²) in [6, 6.07) is 0. The van der Waals surface area contributed by atoms with Gasteiger partial charge in [-0.05, 0) is 51.4 Å². The number of unbranched alkanes of at least 4 members (excludes halogenated alkanes) is 11. The van der Waals surface area contributed by atoms with Gasteiger partial charge in [0.15, 0.2) is 6.10 Å². The van der Waals surface area contributed by atoms with Crippen LogP contribution < -0.4 is 0 Å². The summed E-state index contributed by atoms with van der Waals surface area (Å²) in [6.07, 6.45) is 57.9. The maximum atomic E-state index is 12.6. The van der Waals surface area contributed by atoms with Gasteiger partial charge in [-0.15, -0.1) is 0 Å². The van der Waals surface area contributed by atoms with Crippen LogP contribution in [0.4, 0.5) is 0 Å². The second kappa shape index (κ2) is 42.6. The highest BCUT2D eigenvalue weighted by molar-refractivity contribution is 5.72. The fraction of sp³-hybridized carbons (Fsp3) is 0.531. The molecule has 0 N–H and O–H groups in total. The van der Waals surface area contributed by atoms with Gasteiger partial charge in [0.25, 0.3) is 0 Å². The van der Waals surface area contributed by atoms with E-state index in [1.165, 1.54) is 38.5 Å². The quantitative estimate of drug-likeness (QED) is 0.0210. The Bertz CT molecular complexity index is 1240. The summed E-state index contributed by atoms with van der Waals surface area (Å²) in [5.74, 6) is -1.12. The average Bonchev–Trinajstić information content (AvgIpc) is 3.18. The number of carbonyl (C=O) groups is 3. The van der Waals surface area contributed by atoms with E-state index in [9.17, 15) is 14.4 Å². The summed E-state index contributed by atoms with van der Waals surface area (Å²) in [6.45, 7) is 6.17. The molecule has 0 aromatic heterocycles. The topological polar surface area (TPSA) is 78.9 Å². The lowest BCUT2D eigenvalue weighted by atomic mass is 10.1. The Labute approximate surface area is 335 Å². The fourth-order valence-electron chi connectivity index (χ4n) is 5.07. The van der Waals surface area contributed by atoms with Crippen molar-refractivity contribution in [3.63, 3.8) is 0 Å². The summed E-state index contributed by atoms with van der Waals surface area (Å²) < 4.78 is 16.5. The number of esters is 3. The van der Waals surface area contributed by atoms with Crippen molar-refractivity contribution in [3.8, 4) is 0 Å². The van der Waals surface area contributed by atoms with E-state index in [-0.39, 0.29) is 38.0 Å². The first kappa shape index (κ1) is 50.8. The van der Waals surface area contributed by atoms with Crippen LogP contribution >= 0.6 is 0 Å². The Kier molecular flexibility index (Phi) is 39.3. The summed E-state index contributed by atoms with van der Waals surface area (Å²) in [4.78, 5) is 37.5. The van der Waals surface area contributed by atoms with Gasteiger partial charge in [-0.3, -0.25) is 14.4 Å². The molecule has 0 aliphatic carbocycles. The number of allylic oxidation sites excluding steroid dienone is 19. The molecule has 0 radical (unpaired) electrons. The first-order chi connectivity index (χ1) is 27.0. The summed E-state index contributed by atoms with van der Waals surface area (Å²) >= 11 is 0. The number of rotatable bonds is 35. The third-order valence-electron chi connectivity index (χ3n) is 8.19. The van der Waals surface area contributed by atoms with Crippen LogP contribution in [0.2, 0.25) is 0 Å². The monoisotopic (exact) mass is 759 g/mol. The second-order valence-electron chi connectivity index (χ2n) is 13.3. The molecule has 1 atom stereocenters. The van der Waals surface area contributed by atoms with Crippen molar-refractivity contribution in [3.05, 3.63) is 122 Å². The molecule has 55 heavy (non-hydrogen) atoms. The first-order valence-corrected chi connectivity index (χ1v) is 21.1. The highest BCUT2D eigenvalue weighted by Gasteiger charge is 2.19. The number of hydrogen-bond acceptors (Lipinski definition) is 6. The van der Waals surface area contributed by atoms with Gasteiger partial charge in [0, 0.05) is 12.8 Å². The maximum absolute atomic E-state index is 12.6. The average molecular weight is 759 g/mol. The maximum Gasteiger partial charge on any atom is 0.310 e. The molecule has 0 bridgehead atoms. The fourth-order valence-corrected chi connectivity index (χ4v) is 5.07. The lowest BCUT2D eigenvalue weighted by Gasteiger charge is -2.18. The van der Waals surface area contributed by atoms with Crippen LogP contribution in [-0.2, 0) is 28.6 Å². The molecular weight excluding hydrogens is 685 g/mol. The van der Waals surface area contributed by atoms with Crippen LogP contribution in [0, 0.1) is 0 Å². The molecule has 6 nitrogen and oxygen atoms in total. The Morgan fingerprint density at radius 2 is 0.836 bits per heavy atom. The Morgan fingerprint density at radius 3 is 1.35 bits per heavy atom. The van der Waals surface area contributed by atoms with Crippen molar-refractivity contribution in [1.82, 2.24) is 0 Å². The van der Waals surface area contributed by atoms with E-state index in [0.717, 1.165) is 64.2 Å². The summed E-state index contributed by atoms with van der Waals surface area (Å²) in [5.41, 5.74) is 0. The van der Waals surface area contributed by atoms with Crippen LogP contribution in [0.15, 0.2) is 122 Å². The minimum absolute atomic E-state index is 0.0898. The number of carbonyl (C=O) groups excluding carboxylic acids is 3. The molecule has 0 aromatic rings. The molecule has 6 heteroatoms. The minimum Gasteiger partial charge on any atom is -0.462 e. The molecule has 0 spiro atoms. The lowest BCUT2D eigenvalue weighted by Crippen LogP contribution is -2.30. The third kappa shape index (κ3) is 40.8. The van der Waals surface area contributed by atoms with Gasteiger partial charge in [-0.2, -0.15) is 0 Å². The zero-order valence-corrected chi connectivity index (χ0v) is 34.6. The zero-order chi connectivity index (χ0) is 40.1. The van der Waals surface area contributed by atoms with Gasteiger partial charge in [-0.1, -0.05) is 200 Å². The molecule has 306 valence electrons. The van der Waals surface area contributed by atoms with Crippen LogP contribution in [0.3, 0.4) is 0 Å². The van der Waals surface area contributed by atoms with Gasteiger partial charge in [0.2, 0.25) is 0 Å². The summed E-state index contributed by atoms with van der Waals surface area (Å²) in [5, 5.41) is 0. The van der Waals surface area contributed by atoms with Crippen molar-refractivity contribution in [2.75, 3.05) is 13.2 Å². The van der Waals surface area contributed by atoms with Crippen LogP contribution in [0.1, 0.15) is 149 Å². The van der Waals surface area contributed by atoms with Gasteiger partial charge < -0.3 is 14.2 Å². The lowest BCUT2D eigenvalue weighted by molar-refractivity contribution is -0.166. The SMILES string of the molecule is CC\C=C/C=C\C=C/C=C\C=C\C=C/C=C\CCCCCC(=O)OCC(COC(=O)CCCCCCCCCCC)OC(=O)C/C=C\C/C=C\C/C=C\CC. The highest BCUT2D eigenvalue weighted by Crippen LogP contribution is 2.12. The minimum atomic E-state index is -0.844. The van der Waals surface area contributed by atoms with E-state index >= 15 is 0 Å². The van der Waals surface area contributed by atoms with E-state index in [0.29, 0.717) is 12.8 Å². The molecule has 0 saturated heterocycles. The number of hydrogen-bond donors (Lipinski definition) is 0. The van der Waals surface area contributed by atoms with Gasteiger partial charge in [0.05, 0.1) is 6.42 Å². The van der Waals surface area contributed by atoms with Crippen LogP contribution in [0.5, 0.6) is 0 Å². The predicted molar refractivity (Wildman–Crippen MR) is 233 cm³/mol. The van der Waals surface area contributed by atoms with Crippen LogP contribution in [-0.4, -0.2) is 37.2 Å². The summed E-state index contributed by atoms with van der Waals surface area (Å²) in [7, 11) is 0. The van der Waals surface area contributed by atoms with Crippen molar-refractivity contribution in [2.24, 2.45) is 0 Å². The van der Waals surface area contributed by atoms with E-state index in [1.807, 2.05) is 79.0 Å². The van der Waals surface area contributed by atoms with Crippen molar-refractivity contribution in [2.45, 2.75) is 155 Å². The van der Waals surface area contributed by atoms with Gasteiger partial charge in [0.1, 0.15) is 13.2 Å². The predicted octanol–water partition coefficient (Wildman–Crippen LogP) is 13.4. The molecule has 0 fully saturated rings. The molecular formula is C49H74O6.